The van der Waals surface area contributed by atoms with Gasteiger partial charge >= 0.3 is 0 Å². The van der Waals surface area contributed by atoms with Crippen LogP contribution in [0, 0.1) is 0 Å². The first-order chi connectivity index (χ1) is 7.72. The van der Waals surface area contributed by atoms with Crippen LogP contribution >= 0.6 is 0 Å². The quantitative estimate of drug-likeness (QED) is 0.677. The van der Waals surface area contributed by atoms with Crippen molar-refractivity contribution in [1.29, 1.82) is 0 Å². The van der Waals surface area contributed by atoms with Crippen LogP contribution in [0.25, 0.3) is 0 Å². The van der Waals surface area contributed by atoms with Crippen LogP contribution in [0.2, 0.25) is 0 Å². The van der Waals surface area contributed by atoms with Crippen molar-refractivity contribution >= 4 is 0 Å². The van der Waals surface area contributed by atoms with E-state index in [0.717, 1.165) is 38.2 Å². The summed E-state index contributed by atoms with van der Waals surface area (Å²) in [5.74, 6) is 0. The molecule has 0 aliphatic rings. The Bertz CT molecular complexity index is 285. The second-order valence-corrected chi connectivity index (χ2v) is 4.21. The second kappa shape index (κ2) is 7.35. The maximum Gasteiger partial charge on any atom is 0.0964 e. The van der Waals surface area contributed by atoms with Gasteiger partial charge in [-0.05, 0) is 12.8 Å². The Labute approximate surface area is 97.2 Å². The molecule has 0 atom stereocenters. The SMILES string of the molecule is COCCCCn1cc(CNC(C)C)nn1. The van der Waals surface area contributed by atoms with E-state index in [1.165, 1.54) is 0 Å². The maximum absolute atomic E-state index is 4.99. The summed E-state index contributed by atoms with van der Waals surface area (Å²) in [6.07, 6.45) is 4.15. The van der Waals surface area contributed by atoms with Crippen LogP contribution in [-0.2, 0) is 17.8 Å². The number of methoxy groups -OCH3 is 1. The van der Waals surface area contributed by atoms with Gasteiger partial charge in [0.25, 0.3) is 0 Å². The van der Waals surface area contributed by atoms with Gasteiger partial charge in [0.1, 0.15) is 0 Å². The van der Waals surface area contributed by atoms with Crippen LogP contribution in [-0.4, -0.2) is 34.8 Å². The Balaban J connectivity index is 2.22. The molecule has 16 heavy (non-hydrogen) atoms. The molecule has 0 unspecified atom stereocenters. The molecular weight excluding hydrogens is 204 g/mol. The zero-order valence-electron chi connectivity index (χ0n) is 10.4. The first-order valence-corrected chi connectivity index (χ1v) is 5.83. The predicted octanol–water partition coefficient (Wildman–Crippen LogP) is 1.20. The highest BCUT2D eigenvalue weighted by molar-refractivity contribution is 4.91. The van der Waals surface area contributed by atoms with Crippen LogP contribution in [0.4, 0.5) is 0 Å². The molecule has 0 saturated carbocycles. The number of hydrogen-bond acceptors (Lipinski definition) is 4. The number of rotatable bonds is 8. The van der Waals surface area contributed by atoms with E-state index >= 15 is 0 Å². The second-order valence-electron chi connectivity index (χ2n) is 4.21. The third-order valence-corrected chi connectivity index (χ3v) is 2.26. The molecule has 0 aromatic carbocycles. The van der Waals surface area contributed by atoms with Gasteiger partial charge in [0.2, 0.25) is 0 Å². The summed E-state index contributed by atoms with van der Waals surface area (Å²) in [6.45, 7) is 6.76. The highest BCUT2D eigenvalue weighted by Gasteiger charge is 2.01. The van der Waals surface area contributed by atoms with Gasteiger partial charge < -0.3 is 10.1 Å². The monoisotopic (exact) mass is 226 g/mol. The van der Waals surface area contributed by atoms with Crippen LogP contribution in [0.1, 0.15) is 32.4 Å². The molecule has 0 amide bonds. The topological polar surface area (TPSA) is 52.0 Å². The molecule has 5 nitrogen and oxygen atoms in total. The molecule has 0 spiro atoms. The summed E-state index contributed by atoms with van der Waals surface area (Å²) in [7, 11) is 1.73. The average Bonchev–Trinajstić information content (AvgIpc) is 2.70. The van der Waals surface area contributed by atoms with Crippen molar-refractivity contribution in [1.82, 2.24) is 20.3 Å². The minimum atomic E-state index is 0.479. The fourth-order valence-electron chi connectivity index (χ4n) is 1.36. The van der Waals surface area contributed by atoms with Gasteiger partial charge in [0.05, 0.1) is 5.69 Å². The van der Waals surface area contributed by atoms with E-state index in [4.69, 9.17) is 4.74 Å². The number of nitrogens with one attached hydrogen (secondary N) is 1. The van der Waals surface area contributed by atoms with Crippen molar-refractivity contribution in [3.63, 3.8) is 0 Å². The highest BCUT2D eigenvalue weighted by Crippen LogP contribution is 1.97. The lowest BCUT2D eigenvalue weighted by Gasteiger charge is -2.04. The molecule has 0 aliphatic heterocycles. The van der Waals surface area contributed by atoms with E-state index in [1.807, 2.05) is 10.9 Å². The standard InChI is InChI=1S/C11H22N4O/c1-10(2)12-8-11-9-15(14-13-11)6-4-5-7-16-3/h9-10,12H,4-8H2,1-3H3. The third-order valence-electron chi connectivity index (χ3n) is 2.26. The Morgan fingerprint density at radius 1 is 1.44 bits per heavy atom. The molecule has 1 heterocycles. The summed E-state index contributed by atoms with van der Waals surface area (Å²) in [6, 6.07) is 0.479. The normalized spacial score (nSPS) is 11.2. The van der Waals surface area contributed by atoms with Crippen LogP contribution in [0.3, 0.4) is 0 Å². The van der Waals surface area contributed by atoms with E-state index in [-0.39, 0.29) is 0 Å². The van der Waals surface area contributed by atoms with Crippen molar-refractivity contribution in [2.45, 2.75) is 45.8 Å². The summed E-state index contributed by atoms with van der Waals surface area (Å²) in [4.78, 5) is 0. The van der Waals surface area contributed by atoms with Gasteiger partial charge in [-0.3, -0.25) is 4.68 Å². The minimum Gasteiger partial charge on any atom is -0.385 e. The highest BCUT2D eigenvalue weighted by atomic mass is 16.5. The summed E-state index contributed by atoms with van der Waals surface area (Å²) >= 11 is 0. The molecule has 1 aromatic heterocycles. The number of aromatic nitrogens is 3. The van der Waals surface area contributed by atoms with Gasteiger partial charge in [0.15, 0.2) is 0 Å². The summed E-state index contributed by atoms with van der Waals surface area (Å²) in [5, 5.41) is 11.5. The first kappa shape index (κ1) is 13.1. The van der Waals surface area contributed by atoms with E-state index in [0.29, 0.717) is 6.04 Å². The van der Waals surface area contributed by atoms with Crippen molar-refractivity contribution in [3.05, 3.63) is 11.9 Å². The fourth-order valence-corrected chi connectivity index (χ4v) is 1.36. The van der Waals surface area contributed by atoms with Crippen molar-refractivity contribution in [3.8, 4) is 0 Å². The lowest BCUT2D eigenvalue weighted by atomic mass is 10.3. The minimum absolute atomic E-state index is 0.479. The Kier molecular flexibility index (Phi) is 6.03. The van der Waals surface area contributed by atoms with Gasteiger partial charge in [-0.2, -0.15) is 0 Å². The Morgan fingerprint density at radius 2 is 2.25 bits per heavy atom. The van der Waals surface area contributed by atoms with Gasteiger partial charge in [0, 0.05) is 39.0 Å². The smallest absolute Gasteiger partial charge is 0.0964 e. The molecule has 0 bridgehead atoms. The molecule has 1 aromatic rings. The van der Waals surface area contributed by atoms with Gasteiger partial charge in [-0.1, -0.05) is 19.1 Å². The molecular formula is C11H22N4O. The molecule has 1 N–H and O–H groups in total. The number of unbranched alkanes of at least 4 members (excludes halogenated alkanes) is 1. The van der Waals surface area contributed by atoms with E-state index in [9.17, 15) is 0 Å². The van der Waals surface area contributed by atoms with E-state index in [1.54, 1.807) is 7.11 Å². The number of ether oxygens (including phenoxy) is 1. The molecule has 0 radical (unpaired) electrons. The fraction of sp³-hybridized carbons (Fsp3) is 0.818. The maximum atomic E-state index is 4.99. The molecule has 0 saturated heterocycles. The van der Waals surface area contributed by atoms with Gasteiger partial charge in [-0.25, -0.2) is 0 Å². The molecule has 5 heteroatoms. The third kappa shape index (κ3) is 5.23. The Hall–Kier alpha value is -0.940. The van der Waals surface area contributed by atoms with E-state index in [2.05, 4.69) is 29.5 Å². The molecule has 92 valence electrons. The van der Waals surface area contributed by atoms with Crippen LogP contribution in [0.15, 0.2) is 6.20 Å². The van der Waals surface area contributed by atoms with Gasteiger partial charge in [-0.15, -0.1) is 5.10 Å². The number of nitrogens with zero attached hydrogens (tertiary/aromatic N) is 3. The predicted molar refractivity (Wildman–Crippen MR) is 63.1 cm³/mol. The van der Waals surface area contributed by atoms with Crippen molar-refractivity contribution in [2.24, 2.45) is 0 Å². The van der Waals surface area contributed by atoms with Crippen LogP contribution in [0.5, 0.6) is 0 Å². The zero-order chi connectivity index (χ0) is 11.8. The summed E-state index contributed by atoms with van der Waals surface area (Å²) in [5.41, 5.74) is 1.00. The first-order valence-electron chi connectivity index (χ1n) is 5.83. The van der Waals surface area contributed by atoms with E-state index < -0.39 is 0 Å². The lowest BCUT2D eigenvalue weighted by Crippen LogP contribution is -2.21. The molecule has 0 aliphatic carbocycles. The number of aryl methyl sites for hydroxylation is 1. The zero-order valence-corrected chi connectivity index (χ0v) is 10.4. The number of hydrogen-bond donors (Lipinski definition) is 1. The van der Waals surface area contributed by atoms with Crippen molar-refractivity contribution in [2.75, 3.05) is 13.7 Å². The Morgan fingerprint density at radius 3 is 2.94 bits per heavy atom. The van der Waals surface area contributed by atoms with Crippen molar-refractivity contribution < 1.29 is 4.74 Å². The van der Waals surface area contributed by atoms with Crippen LogP contribution < -0.4 is 5.32 Å². The lowest BCUT2D eigenvalue weighted by molar-refractivity contribution is 0.191. The summed E-state index contributed by atoms with van der Waals surface area (Å²) < 4.78 is 6.89. The molecule has 1 rings (SSSR count). The largest absolute Gasteiger partial charge is 0.385 e. The molecule has 0 fully saturated rings. The average molecular weight is 226 g/mol.